The van der Waals surface area contributed by atoms with Gasteiger partial charge in [0.25, 0.3) is 0 Å². The normalized spacial score (nSPS) is 15.2. The zero-order valence-corrected chi connectivity index (χ0v) is 23.1. The molecule has 1 N–H and O–H groups in total. The third kappa shape index (κ3) is 7.54. The summed E-state index contributed by atoms with van der Waals surface area (Å²) in [6.45, 7) is 0.484. The van der Waals surface area contributed by atoms with Crippen LogP contribution in [0, 0.1) is 0 Å². The number of nitrogens with zero attached hydrogens (tertiary/aromatic N) is 2. The van der Waals surface area contributed by atoms with Gasteiger partial charge in [0.05, 0.1) is 22.5 Å². The molecule has 3 rings (SSSR count). The summed E-state index contributed by atoms with van der Waals surface area (Å²) >= 11 is 12.4. The van der Waals surface area contributed by atoms with Gasteiger partial charge in [-0.2, -0.15) is 13.2 Å². The molecule has 1 fully saturated rings. The van der Waals surface area contributed by atoms with Crippen molar-refractivity contribution in [3.05, 3.63) is 63.6 Å². The first-order valence-corrected chi connectivity index (χ1v) is 14.5. The Bertz CT molecular complexity index is 1280. The third-order valence-electron chi connectivity index (χ3n) is 6.39. The lowest BCUT2D eigenvalue weighted by Gasteiger charge is -2.32. The van der Waals surface area contributed by atoms with Gasteiger partial charge in [0.2, 0.25) is 21.8 Å². The highest BCUT2D eigenvalue weighted by Gasteiger charge is 2.35. The lowest BCUT2D eigenvalue weighted by atomic mass is 10.1. The Morgan fingerprint density at radius 1 is 1.08 bits per heavy atom. The molecule has 2 aromatic rings. The lowest BCUT2D eigenvalue weighted by molar-refractivity contribution is -0.139. The summed E-state index contributed by atoms with van der Waals surface area (Å²) in [4.78, 5) is 27.8. The fourth-order valence-electron chi connectivity index (χ4n) is 4.26. The van der Waals surface area contributed by atoms with Gasteiger partial charge in [-0.1, -0.05) is 54.2 Å². The molecular formula is C25H28Cl2F3N3O4S. The van der Waals surface area contributed by atoms with Gasteiger partial charge >= 0.3 is 6.18 Å². The first-order chi connectivity index (χ1) is 17.7. The molecular weight excluding hydrogens is 566 g/mol. The van der Waals surface area contributed by atoms with Gasteiger partial charge in [-0.15, -0.1) is 0 Å². The molecule has 1 aliphatic carbocycles. The molecule has 208 valence electrons. The SMILES string of the molecule is C[C@H](C(=O)NC1CCCC1)N(Cc1ccccc1Cl)C(=O)CN(c1cc(C(F)(F)F)ccc1Cl)S(C)(=O)=O. The van der Waals surface area contributed by atoms with Gasteiger partial charge in [-0.25, -0.2) is 8.42 Å². The molecule has 0 spiro atoms. The quantitative estimate of drug-likeness (QED) is 0.430. The van der Waals surface area contributed by atoms with Crippen molar-refractivity contribution in [1.82, 2.24) is 10.2 Å². The maximum absolute atomic E-state index is 13.6. The van der Waals surface area contributed by atoms with Crippen LogP contribution in [0.1, 0.15) is 43.7 Å². The number of anilines is 1. The average Bonchev–Trinajstić information content (AvgIpc) is 3.33. The number of nitrogens with one attached hydrogen (secondary N) is 1. The van der Waals surface area contributed by atoms with E-state index in [1.165, 1.54) is 6.92 Å². The molecule has 0 unspecified atom stereocenters. The summed E-state index contributed by atoms with van der Waals surface area (Å²) in [5, 5.41) is 2.96. The molecule has 0 radical (unpaired) electrons. The van der Waals surface area contributed by atoms with E-state index in [-0.39, 0.29) is 17.6 Å². The molecule has 13 heteroatoms. The molecule has 2 aromatic carbocycles. The molecule has 2 amide bonds. The van der Waals surface area contributed by atoms with E-state index in [4.69, 9.17) is 23.2 Å². The number of rotatable bonds is 9. The van der Waals surface area contributed by atoms with Crippen LogP contribution in [-0.2, 0) is 32.3 Å². The van der Waals surface area contributed by atoms with Gasteiger partial charge in [0.1, 0.15) is 12.6 Å². The Morgan fingerprint density at radius 3 is 2.29 bits per heavy atom. The molecule has 38 heavy (non-hydrogen) atoms. The molecule has 0 heterocycles. The van der Waals surface area contributed by atoms with Crippen molar-refractivity contribution in [2.45, 2.75) is 57.4 Å². The summed E-state index contributed by atoms with van der Waals surface area (Å²) in [6.07, 6.45) is -0.439. The molecule has 1 atom stereocenters. The van der Waals surface area contributed by atoms with Gasteiger partial charge in [-0.3, -0.25) is 13.9 Å². The Labute approximate surface area is 229 Å². The van der Waals surface area contributed by atoms with Crippen LogP contribution in [-0.4, -0.2) is 50.0 Å². The number of benzene rings is 2. The second-order valence-electron chi connectivity index (χ2n) is 9.21. The highest BCUT2D eigenvalue weighted by Crippen LogP contribution is 2.36. The smallest absolute Gasteiger partial charge is 0.352 e. The summed E-state index contributed by atoms with van der Waals surface area (Å²) in [7, 11) is -4.27. The van der Waals surface area contributed by atoms with Gasteiger partial charge in [0, 0.05) is 17.6 Å². The molecule has 1 saturated carbocycles. The number of alkyl halides is 3. The van der Waals surface area contributed by atoms with E-state index < -0.39 is 51.9 Å². The molecule has 0 bridgehead atoms. The van der Waals surface area contributed by atoms with E-state index >= 15 is 0 Å². The summed E-state index contributed by atoms with van der Waals surface area (Å²) in [5.74, 6) is -1.25. The van der Waals surface area contributed by atoms with Crippen LogP contribution in [0.25, 0.3) is 0 Å². The van der Waals surface area contributed by atoms with Crippen molar-refractivity contribution < 1.29 is 31.2 Å². The van der Waals surface area contributed by atoms with Gasteiger partial charge < -0.3 is 10.2 Å². The second-order valence-corrected chi connectivity index (χ2v) is 11.9. The topological polar surface area (TPSA) is 86.8 Å². The number of hydrogen-bond donors (Lipinski definition) is 1. The minimum absolute atomic E-state index is 0.0290. The zero-order valence-electron chi connectivity index (χ0n) is 20.8. The van der Waals surface area contributed by atoms with Crippen molar-refractivity contribution in [1.29, 1.82) is 0 Å². The molecule has 0 aromatic heterocycles. The average molecular weight is 594 g/mol. The molecule has 0 saturated heterocycles. The Morgan fingerprint density at radius 2 is 1.71 bits per heavy atom. The number of sulfonamides is 1. The number of carbonyl (C=O) groups excluding carboxylic acids is 2. The summed E-state index contributed by atoms with van der Waals surface area (Å²) in [5.41, 5.74) is -1.13. The first-order valence-electron chi connectivity index (χ1n) is 11.9. The van der Waals surface area contributed by atoms with Crippen LogP contribution in [0.15, 0.2) is 42.5 Å². The maximum Gasteiger partial charge on any atom is 0.416 e. The third-order valence-corrected chi connectivity index (χ3v) is 8.20. The van der Waals surface area contributed by atoms with Crippen molar-refractivity contribution in [2.24, 2.45) is 0 Å². The van der Waals surface area contributed by atoms with Crippen molar-refractivity contribution in [3.8, 4) is 0 Å². The highest BCUT2D eigenvalue weighted by molar-refractivity contribution is 7.92. The van der Waals surface area contributed by atoms with E-state index in [2.05, 4.69) is 5.32 Å². The summed E-state index contributed by atoms with van der Waals surface area (Å²) in [6, 6.07) is 7.79. The van der Waals surface area contributed by atoms with Crippen LogP contribution in [0.3, 0.4) is 0 Å². The first kappa shape index (κ1) is 30.0. The Balaban J connectivity index is 1.97. The van der Waals surface area contributed by atoms with E-state index in [1.807, 2.05) is 0 Å². The van der Waals surface area contributed by atoms with E-state index in [1.54, 1.807) is 24.3 Å². The summed E-state index contributed by atoms with van der Waals surface area (Å²) < 4.78 is 65.9. The zero-order chi connectivity index (χ0) is 28.3. The molecule has 1 aliphatic rings. The second kappa shape index (κ2) is 12.1. The molecule has 0 aliphatic heterocycles. The van der Waals surface area contributed by atoms with Crippen LogP contribution in [0.4, 0.5) is 18.9 Å². The van der Waals surface area contributed by atoms with E-state index in [0.29, 0.717) is 27.0 Å². The van der Waals surface area contributed by atoms with Crippen LogP contribution in [0.2, 0.25) is 10.0 Å². The van der Waals surface area contributed by atoms with Crippen LogP contribution < -0.4 is 9.62 Å². The number of carbonyl (C=O) groups is 2. The lowest BCUT2D eigenvalue weighted by Crippen LogP contribution is -2.52. The fourth-order valence-corrected chi connectivity index (χ4v) is 5.58. The highest BCUT2D eigenvalue weighted by atomic mass is 35.5. The minimum atomic E-state index is -4.77. The van der Waals surface area contributed by atoms with E-state index in [9.17, 15) is 31.2 Å². The monoisotopic (exact) mass is 593 g/mol. The largest absolute Gasteiger partial charge is 0.416 e. The van der Waals surface area contributed by atoms with Crippen molar-refractivity contribution in [2.75, 3.05) is 17.1 Å². The number of amides is 2. The number of halogens is 5. The molecule has 7 nitrogen and oxygen atoms in total. The van der Waals surface area contributed by atoms with Crippen LogP contribution >= 0.6 is 23.2 Å². The predicted molar refractivity (Wildman–Crippen MR) is 141 cm³/mol. The van der Waals surface area contributed by atoms with Crippen LogP contribution in [0.5, 0.6) is 0 Å². The standard InChI is InChI=1S/C25H28Cl2F3N3O4S/c1-16(24(35)31-19-8-4-5-9-19)32(14-17-7-3-6-10-20(17)26)23(34)15-33(38(2,36)37)22-13-18(25(28,29)30)11-12-21(22)27/h3,6-7,10-13,16,19H,4-5,8-9,14-15H2,1-2H3,(H,31,35)/t16-/m1/s1. The van der Waals surface area contributed by atoms with E-state index in [0.717, 1.165) is 42.9 Å². The van der Waals surface area contributed by atoms with Crippen molar-refractivity contribution in [3.63, 3.8) is 0 Å². The Kier molecular flexibility index (Phi) is 9.59. The van der Waals surface area contributed by atoms with Crippen molar-refractivity contribution >= 4 is 50.7 Å². The van der Waals surface area contributed by atoms with Gasteiger partial charge in [-0.05, 0) is 49.6 Å². The fraction of sp³-hybridized carbons (Fsp3) is 0.440. The maximum atomic E-state index is 13.6. The van der Waals surface area contributed by atoms with Gasteiger partial charge in [0.15, 0.2) is 0 Å². The predicted octanol–water partition coefficient (Wildman–Crippen LogP) is 5.25. The minimum Gasteiger partial charge on any atom is -0.352 e. The number of hydrogen-bond acceptors (Lipinski definition) is 4. The Hall–Kier alpha value is -2.50.